The highest BCUT2D eigenvalue weighted by Crippen LogP contribution is 1.98. The first-order valence-electron chi connectivity index (χ1n) is 8.27. The van der Waals surface area contributed by atoms with Gasteiger partial charge in [0.2, 0.25) is 0 Å². The summed E-state index contributed by atoms with van der Waals surface area (Å²) in [6, 6.07) is 16.6. The van der Waals surface area contributed by atoms with Crippen molar-refractivity contribution < 1.29 is 30.0 Å². The number of aromatic carboxylic acids is 2. The predicted molar refractivity (Wildman–Crippen MR) is 99.4 cm³/mol. The van der Waals surface area contributed by atoms with Crippen LogP contribution in [0.3, 0.4) is 0 Å². The average Bonchev–Trinajstić information content (AvgIpc) is 2.68. The van der Waals surface area contributed by atoms with Crippen molar-refractivity contribution in [2.45, 2.75) is 32.3 Å². The van der Waals surface area contributed by atoms with Crippen LogP contribution in [-0.4, -0.2) is 45.1 Å². The molecule has 0 bridgehead atoms. The minimum Gasteiger partial charge on any atom is -0.478 e. The van der Waals surface area contributed by atoms with Crippen molar-refractivity contribution in [3.8, 4) is 0 Å². The second kappa shape index (κ2) is 14.6. The number of aliphatic hydroxyl groups excluding tert-OH is 2. The van der Waals surface area contributed by atoms with Crippen LogP contribution in [0.2, 0.25) is 0 Å². The summed E-state index contributed by atoms with van der Waals surface area (Å²) in [7, 11) is 0. The zero-order valence-electron chi connectivity index (χ0n) is 14.8. The second-order valence-corrected chi connectivity index (χ2v) is 5.32. The minimum atomic E-state index is -0.879. The van der Waals surface area contributed by atoms with Crippen LogP contribution < -0.4 is 0 Å². The molecule has 142 valence electrons. The van der Waals surface area contributed by atoms with E-state index in [9.17, 15) is 9.59 Å². The predicted octanol–water partition coefficient (Wildman–Crippen LogP) is 3.30. The molecule has 2 aromatic rings. The fourth-order valence-corrected chi connectivity index (χ4v) is 1.69. The molecule has 2 aromatic carbocycles. The van der Waals surface area contributed by atoms with E-state index in [4.69, 9.17) is 20.4 Å². The molecule has 6 nitrogen and oxygen atoms in total. The van der Waals surface area contributed by atoms with E-state index in [0.717, 1.165) is 19.3 Å². The summed E-state index contributed by atoms with van der Waals surface area (Å²) in [6.45, 7) is 1.96. The first-order chi connectivity index (χ1) is 12.4. The van der Waals surface area contributed by atoms with E-state index in [1.807, 2.05) is 0 Å². The monoisotopic (exact) mass is 362 g/mol. The molecule has 0 aliphatic rings. The Hall–Kier alpha value is -2.70. The third-order valence-electron chi connectivity index (χ3n) is 3.14. The fraction of sp³-hybridized carbons (Fsp3) is 0.300. The molecule has 0 heterocycles. The van der Waals surface area contributed by atoms with E-state index in [-0.39, 0.29) is 6.61 Å². The van der Waals surface area contributed by atoms with E-state index in [0.29, 0.717) is 11.1 Å². The molecule has 0 aromatic heterocycles. The molecule has 0 saturated heterocycles. The van der Waals surface area contributed by atoms with Crippen molar-refractivity contribution in [1.82, 2.24) is 0 Å². The highest BCUT2D eigenvalue weighted by molar-refractivity contribution is 5.87. The molecule has 0 saturated carbocycles. The van der Waals surface area contributed by atoms with Crippen LogP contribution in [0.25, 0.3) is 0 Å². The van der Waals surface area contributed by atoms with Gasteiger partial charge in [-0.1, -0.05) is 56.2 Å². The van der Waals surface area contributed by atoms with E-state index in [1.165, 1.54) is 0 Å². The van der Waals surface area contributed by atoms with Crippen molar-refractivity contribution >= 4 is 11.9 Å². The molecule has 0 radical (unpaired) electrons. The van der Waals surface area contributed by atoms with Gasteiger partial charge in [-0.25, -0.2) is 9.59 Å². The number of aliphatic hydroxyl groups is 2. The largest absolute Gasteiger partial charge is 0.478 e. The third-order valence-corrected chi connectivity index (χ3v) is 3.14. The summed E-state index contributed by atoms with van der Waals surface area (Å²) in [5.74, 6) is -1.76. The van der Waals surface area contributed by atoms with E-state index in [1.54, 1.807) is 60.7 Å². The Labute approximate surface area is 153 Å². The molecule has 1 atom stereocenters. The van der Waals surface area contributed by atoms with Crippen molar-refractivity contribution in [2.24, 2.45) is 0 Å². The van der Waals surface area contributed by atoms with Gasteiger partial charge in [0, 0.05) is 0 Å². The van der Waals surface area contributed by atoms with E-state index < -0.39 is 18.0 Å². The van der Waals surface area contributed by atoms with Gasteiger partial charge in [-0.2, -0.15) is 0 Å². The number of rotatable bonds is 6. The maximum Gasteiger partial charge on any atom is 0.335 e. The molecular weight excluding hydrogens is 336 g/mol. The Morgan fingerprint density at radius 3 is 1.46 bits per heavy atom. The SMILES string of the molecule is CCCCC(O)CO.O=C(O)c1ccccc1.O=C(O)c1ccccc1. The lowest BCUT2D eigenvalue weighted by atomic mass is 10.2. The molecule has 2 rings (SSSR count). The van der Waals surface area contributed by atoms with Crippen molar-refractivity contribution in [3.63, 3.8) is 0 Å². The zero-order valence-corrected chi connectivity index (χ0v) is 14.8. The number of carbonyl (C=O) groups is 2. The van der Waals surface area contributed by atoms with Crippen LogP contribution in [0.4, 0.5) is 0 Å². The molecule has 4 N–H and O–H groups in total. The maximum absolute atomic E-state index is 10.2. The number of hydrogen-bond acceptors (Lipinski definition) is 4. The first kappa shape index (κ1) is 23.3. The number of benzene rings is 2. The smallest absolute Gasteiger partial charge is 0.335 e. The van der Waals surface area contributed by atoms with Crippen molar-refractivity contribution in [2.75, 3.05) is 6.61 Å². The summed E-state index contributed by atoms with van der Waals surface area (Å²) in [5.41, 5.74) is 0.662. The lowest BCUT2D eigenvalue weighted by Gasteiger charge is -2.02. The van der Waals surface area contributed by atoms with Crippen LogP contribution in [-0.2, 0) is 0 Å². The maximum atomic E-state index is 10.2. The van der Waals surface area contributed by atoms with Gasteiger partial charge in [-0.05, 0) is 30.7 Å². The molecule has 1 unspecified atom stereocenters. The van der Waals surface area contributed by atoms with E-state index in [2.05, 4.69) is 6.92 Å². The Morgan fingerprint density at radius 2 is 1.23 bits per heavy atom. The topological polar surface area (TPSA) is 115 Å². The Bertz CT molecular complexity index is 563. The third kappa shape index (κ3) is 11.8. The highest BCUT2D eigenvalue weighted by atomic mass is 16.4. The van der Waals surface area contributed by atoms with Crippen LogP contribution in [0, 0.1) is 0 Å². The highest BCUT2D eigenvalue weighted by Gasteiger charge is 1.98. The number of carboxylic acid groups (broad SMARTS) is 2. The average molecular weight is 362 g/mol. The number of carboxylic acids is 2. The molecular formula is C20H26O6. The van der Waals surface area contributed by atoms with Crippen LogP contribution in [0.1, 0.15) is 46.9 Å². The standard InChI is InChI=1S/2C7H6O2.C6H14O2/c2*8-7(9)6-4-2-1-3-5-6;1-2-3-4-6(8)5-7/h2*1-5H,(H,8,9);6-8H,2-5H2,1H3. The summed E-state index contributed by atoms with van der Waals surface area (Å²) >= 11 is 0. The molecule has 0 aliphatic heterocycles. The molecule has 0 spiro atoms. The molecule has 26 heavy (non-hydrogen) atoms. The van der Waals surface area contributed by atoms with Crippen molar-refractivity contribution in [3.05, 3.63) is 71.8 Å². The minimum absolute atomic E-state index is 0.0972. The Morgan fingerprint density at radius 1 is 0.846 bits per heavy atom. The summed E-state index contributed by atoms with van der Waals surface area (Å²) < 4.78 is 0. The van der Waals surface area contributed by atoms with Gasteiger partial charge in [-0.3, -0.25) is 0 Å². The summed E-state index contributed by atoms with van der Waals surface area (Å²) in [6.07, 6.45) is 2.32. The quantitative estimate of drug-likeness (QED) is 0.627. The first-order valence-corrected chi connectivity index (χ1v) is 8.27. The van der Waals surface area contributed by atoms with Gasteiger partial charge in [0.25, 0.3) is 0 Å². The van der Waals surface area contributed by atoms with Crippen LogP contribution in [0.5, 0.6) is 0 Å². The lowest BCUT2D eigenvalue weighted by Crippen LogP contribution is -2.10. The van der Waals surface area contributed by atoms with Gasteiger partial charge in [0.15, 0.2) is 0 Å². The fourth-order valence-electron chi connectivity index (χ4n) is 1.69. The van der Waals surface area contributed by atoms with Gasteiger partial charge < -0.3 is 20.4 Å². The van der Waals surface area contributed by atoms with Gasteiger partial charge in [0.05, 0.1) is 23.8 Å². The van der Waals surface area contributed by atoms with E-state index >= 15 is 0 Å². The summed E-state index contributed by atoms with van der Waals surface area (Å²) in [5, 5.41) is 33.8. The van der Waals surface area contributed by atoms with Crippen LogP contribution >= 0.6 is 0 Å². The van der Waals surface area contributed by atoms with Gasteiger partial charge in [-0.15, -0.1) is 0 Å². The normalized spacial score (nSPS) is 10.4. The zero-order chi connectivity index (χ0) is 19.8. The molecule has 0 aliphatic carbocycles. The van der Waals surface area contributed by atoms with Crippen LogP contribution in [0.15, 0.2) is 60.7 Å². The lowest BCUT2D eigenvalue weighted by molar-refractivity contribution is 0.0686. The molecule has 0 fully saturated rings. The molecule has 6 heteroatoms. The second-order valence-electron chi connectivity index (χ2n) is 5.32. The Kier molecular flexibility index (Phi) is 13.1. The summed E-state index contributed by atoms with van der Waals surface area (Å²) in [4.78, 5) is 20.4. The van der Waals surface area contributed by atoms with Gasteiger partial charge >= 0.3 is 11.9 Å². The number of unbranched alkanes of at least 4 members (excludes halogenated alkanes) is 1. The Balaban J connectivity index is 0.000000362. The van der Waals surface area contributed by atoms with Crippen molar-refractivity contribution in [1.29, 1.82) is 0 Å². The number of hydrogen-bond donors (Lipinski definition) is 4. The van der Waals surface area contributed by atoms with Gasteiger partial charge in [0.1, 0.15) is 0 Å². The molecule has 0 amide bonds.